The molecule has 0 spiro atoms. The van der Waals surface area contributed by atoms with Crippen LogP contribution in [0.1, 0.15) is 10.4 Å². The van der Waals surface area contributed by atoms with Gasteiger partial charge in [-0.2, -0.15) is 4.31 Å². The van der Waals surface area contributed by atoms with Crippen molar-refractivity contribution in [2.24, 2.45) is 0 Å². The number of benzene rings is 2. The zero-order valence-corrected chi connectivity index (χ0v) is 17.5. The van der Waals surface area contributed by atoms with Crippen molar-refractivity contribution < 1.29 is 27.1 Å². The van der Waals surface area contributed by atoms with Crippen LogP contribution in [0.5, 0.6) is 11.5 Å². The fourth-order valence-electron chi connectivity index (χ4n) is 3.12. The predicted molar refractivity (Wildman–Crippen MR) is 106 cm³/mol. The van der Waals surface area contributed by atoms with E-state index in [4.69, 9.17) is 21.1 Å². The Balaban J connectivity index is 1.75. The van der Waals surface area contributed by atoms with Crippen LogP contribution >= 0.6 is 11.6 Å². The molecule has 0 aliphatic carbocycles. The van der Waals surface area contributed by atoms with Crippen LogP contribution < -0.4 is 9.47 Å². The van der Waals surface area contributed by atoms with E-state index in [1.165, 1.54) is 53.8 Å². The average Bonchev–Trinajstić information content (AvgIpc) is 2.73. The maximum Gasteiger partial charge on any atom is 0.258 e. The largest absolute Gasteiger partial charge is 0.493 e. The second kappa shape index (κ2) is 8.56. The smallest absolute Gasteiger partial charge is 0.258 e. The number of methoxy groups -OCH3 is 2. The number of hydrogen-bond acceptors (Lipinski definition) is 5. The summed E-state index contributed by atoms with van der Waals surface area (Å²) in [6.07, 6.45) is 0. The molecule has 1 fully saturated rings. The van der Waals surface area contributed by atoms with E-state index >= 15 is 0 Å². The van der Waals surface area contributed by atoms with E-state index in [0.29, 0.717) is 11.5 Å². The second-order valence-corrected chi connectivity index (χ2v) is 8.65. The average molecular weight is 443 g/mol. The van der Waals surface area contributed by atoms with Gasteiger partial charge >= 0.3 is 0 Å². The minimum Gasteiger partial charge on any atom is -0.493 e. The van der Waals surface area contributed by atoms with Crippen LogP contribution in [0.2, 0.25) is 5.02 Å². The van der Waals surface area contributed by atoms with Crippen LogP contribution in [0.15, 0.2) is 41.3 Å². The molecule has 0 bridgehead atoms. The first-order valence-electron chi connectivity index (χ1n) is 8.75. The Kier molecular flexibility index (Phi) is 6.30. The van der Waals surface area contributed by atoms with E-state index in [2.05, 4.69) is 0 Å². The van der Waals surface area contributed by atoms with Gasteiger partial charge in [0.2, 0.25) is 10.0 Å². The molecule has 0 aromatic heterocycles. The highest BCUT2D eigenvalue weighted by molar-refractivity contribution is 7.89. The third-order valence-corrected chi connectivity index (χ3v) is 6.90. The van der Waals surface area contributed by atoms with Crippen molar-refractivity contribution >= 4 is 27.5 Å². The third kappa shape index (κ3) is 4.17. The SMILES string of the molecule is COc1ccc(S(=O)(=O)N2CCN(C(=O)c3c(F)cccc3Cl)CC2)cc1OC. The van der Waals surface area contributed by atoms with E-state index < -0.39 is 21.7 Å². The van der Waals surface area contributed by atoms with Crippen molar-refractivity contribution in [3.63, 3.8) is 0 Å². The Morgan fingerprint density at radius 2 is 1.69 bits per heavy atom. The molecule has 7 nitrogen and oxygen atoms in total. The molecule has 10 heteroatoms. The van der Waals surface area contributed by atoms with Crippen molar-refractivity contribution in [3.8, 4) is 11.5 Å². The van der Waals surface area contributed by atoms with Crippen molar-refractivity contribution in [1.82, 2.24) is 9.21 Å². The van der Waals surface area contributed by atoms with Gasteiger partial charge in [-0.25, -0.2) is 12.8 Å². The van der Waals surface area contributed by atoms with Crippen molar-refractivity contribution in [1.29, 1.82) is 0 Å². The molecule has 1 aliphatic heterocycles. The van der Waals surface area contributed by atoms with E-state index in [1.807, 2.05) is 0 Å². The van der Waals surface area contributed by atoms with Crippen molar-refractivity contribution in [2.45, 2.75) is 4.90 Å². The monoisotopic (exact) mass is 442 g/mol. The molecule has 29 heavy (non-hydrogen) atoms. The Bertz CT molecular complexity index is 1000. The van der Waals surface area contributed by atoms with Crippen LogP contribution in [0, 0.1) is 5.82 Å². The molecule has 1 heterocycles. The number of carbonyl (C=O) groups is 1. The Labute approximate surface area is 173 Å². The number of rotatable bonds is 5. The number of halogens is 2. The Morgan fingerprint density at radius 1 is 1.03 bits per heavy atom. The molecule has 2 aromatic carbocycles. The van der Waals surface area contributed by atoms with E-state index in [1.54, 1.807) is 0 Å². The van der Waals surface area contributed by atoms with Gasteiger partial charge in [-0.05, 0) is 24.3 Å². The first-order valence-corrected chi connectivity index (χ1v) is 10.6. The summed E-state index contributed by atoms with van der Waals surface area (Å²) >= 11 is 5.96. The van der Waals surface area contributed by atoms with Crippen molar-refractivity contribution in [2.75, 3.05) is 40.4 Å². The molecule has 0 unspecified atom stereocenters. The summed E-state index contributed by atoms with van der Waals surface area (Å²) in [7, 11) is -0.905. The first-order chi connectivity index (χ1) is 13.8. The summed E-state index contributed by atoms with van der Waals surface area (Å²) in [6, 6.07) is 8.37. The number of amides is 1. The van der Waals surface area contributed by atoms with Gasteiger partial charge in [-0.3, -0.25) is 4.79 Å². The molecule has 3 rings (SSSR count). The molecular formula is C19H20ClFN2O5S. The lowest BCUT2D eigenvalue weighted by Crippen LogP contribution is -2.50. The van der Waals surface area contributed by atoms with E-state index in [0.717, 1.165) is 6.07 Å². The molecule has 2 aromatic rings. The van der Waals surface area contributed by atoms with Crippen LogP contribution in [0.4, 0.5) is 4.39 Å². The molecule has 156 valence electrons. The highest BCUT2D eigenvalue weighted by atomic mass is 35.5. The number of nitrogens with zero attached hydrogens (tertiary/aromatic N) is 2. The normalized spacial score (nSPS) is 15.2. The maximum atomic E-state index is 14.0. The summed E-state index contributed by atoms with van der Waals surface area (Å²) in [4.78, 5) is 14.1. The van der Waals surface area contributed by atoms with Gasteiger partial charge in [0.15, 0.2) is 11.5 Å². The van der Waals surface area contributed by atoms with Gasteiger partial charge in [0.25, 0.3) is 5.91 Å². The molecule has 0 saturated carbocycles. The lowest BCUT2D eigenvalue weighted by Gasteiger charge is -2.34. The molecule has 0 radical (unpaired) electrons. The van der Waals surface area contributed by atoms with Crippen LogP contribution in [0.3, 0.4) is 0 Å². The first kappa shape index (κ1) is 21.4. The van der Waals surface area contributed by atoms with Gasteiger partial charge in [-0.15, -0.1) is 0 Å². The predicted octanol–water partition coefficient (Wildman–Crippen LogP) is 2.64. The minimum absolute atomic E-state index is 0.0235. The zero-order valence-electron chi connectivity index (χ0n) is 15.9. The van der Waals surface area contributed by atoms with Gasteiger partial charge in [0.05, 0.1) is 29.7 Å². The zero-order chi connectivity index (χ0) is 21.2. The van der Waals surface area contributed by atoms with Gasteiger partial charge in [0, 0.05) is 32.2 Å². The van der Waals surface area contributed by atoms with Crippen LogP contribution in [-0.4, -0.2) is 63.9 Å². The summed E-state index contributed by atoms with van der Waals surface area (Å²) in [5.74, 6) is -0.542. The number of hydrogen-bond donors (Lipinski definition) is 0. The van der Waals surface area contributed by atoms with Crippen LogP contribution in [-0.2, 0) is 10.0 Å². The summed E-state index contributed by atoms with van der Waals surface area (Å²) in [6.45, 7) is 0.398. The molecule has 1 saturated heterocycles. The fraction of sp³-hybridized carbons (Fsp3) is 0.316. The molecule has 0 N–H and O–H groups in total. The van der Waals surface area contributed by atoms with Gasteiger partial charge in [-0.1, -0.05) is 17.7 Å². The number of ether oxygens (including phenoxy) is 2. The summed E-state index contributed by atoms with van der Waals surface area (Å²) < 4.78 is 51.5. The van der Waals surface area contributed by atoms with Gasteiger partial charge in [0.1, 0.15) is 5.82 Å². The van der Waals surface area contributed by atoms with Crippen LogP contribution in [0.25, 0.3) is 0 Å². The van der Waals surface area contributed by atoms with E-state index in [9.17, 15) is 17.6 Å². The third-order valence-electron chi connectivity index (χ3n) is 4.70. The van der Waals surface area contributed by atoms with Crippen molar-refractivity contribution in [3.05, 3.63) is 52.8 Å². The number of carbonyl (C=O) groups excluding carboxylic acids is 1. The summed E-state index contributed by atoms with van der Waals surface area (Å²) in [5, 5.41) is 0.0235. The minimum atomic E-state index is -3.79. The number of piperazine rings is 1. The summed E-state index contributed by atoms with van der Waals surface area (Å²) in [5.41, 5.74) is -0.203. The fourth-order valence-corrected chi connectivity index (χ4v) is 4.80. The Morgan fingerprint density at radius 3 is 2.28 bits per heavy atom. The highest BCUT2D eigenvalue weighted by Crippen LogP contribution is 2.31. The lowest BCUT2D eigenvalue weighted by molar-refractivity contribution is 0.0693. The molecule has 0 atom stereocenters. The standard InChI is InChI=1S/C19H20ClFN2O5S/c1-27-16-7-6-13(12-17(16)28-2)29(25,26)23-10-8-22(9-11-23)19(24)18-14(20)4-3-5-15(18)21/h3-7,12H,8-11H2,1-2H3. The molecule has 1 amide bonds. The van der Waals surface area contributed by atoms with E-state index in [-0.39, 0.29) is 41.7 Å². The lowest BCUT2D eigenvalue weighted by atomic mass is 10.1. The molecule has 1 aliphatic rings. The number of sulfonamides is 1. The Hall–Kier alpha value is -2.36. The maximum absolute atomic E-state index is 14.0. The quantitative estimate of drug-likeness (QED) is 0.711. The molecular weight excluding hydrogens is 423 g/mol. The van der Waals surface area contributed by atoms with Gasteiger partial charge < -0.3 is 14.4 Å². The topological polar surface area (TPSA) is 76.2 Å². The second-order valence-electron chi connectivity index (χ2n) is 6.31. The highest BCUT2D eigenvalue weighted by Gasteiger charge is 2.32.